The van der Waals surface area contributed by atoms with Crippen LogP contribution in [0.2, 0.25) is 0 Å². The standard InChI is InChI=1S/C21H19F2N3O2/c1-28-15-8-5-13(6-9-15)12-24-21(27)20-16-3-2-4-19(16)26(25-20)14-7-10-17(22)18(23)11-14/h5-11H,2-4,12H2,1H3,(H,24,27). The molecule has 5 nitrogen and oxygen atoms in total. The predicted molar refractivity (Wildman–Crippen MR) is 99.7 cm³/mol. The fourth-order valence-corrected chi connectivity index (χ4v) is 3.46. The van der Waals surface area contributed by atoms with Crippen molar-refractivity contribution in [2.24, 2.45) is 0 Å². The van der Waals surface area contributed by atoms with E-state index in [9.17, 15) is 13.6 Å². The van der Waals surface area contributed by atoms with Crippen LogP contribution in [0.1, 0.15) is 33.7 Å². The third kappa shape index (κ3) is 3.35. The van der Waals surface area contributed by atoms with Gasteiger partial charge in [0.05, 0.1) is 12.8 Å². The summed E-state index contributed by atoms with van der Waals surface area (Å²) in [6.07, 6.45) is 2.38. The number of ether oxygens (including phenoxy) is 1. The monoisotopic (exact) mass is 383 g/mol. The molecule has 0 atom stereocenters. The lowest BCUT2D eigenvalue weighted by Gasteiger charge is -2.07. The number of carbonyl (C=O) groups excluding carboxylic acids is 1. The SMILES string of the molecule is COc1ccc(CNC(=O)c2nn(-c3ccc(F)c(F)c3)c3c2CCC3)cc1. The van der Waals surface area contributed by atoms with Crippen LogP contribution in [0.25, 0.3) is 5.69 Å². The summed E-state index contributed by atoms with van der Waals surface area (Å²) in [6, 6.07) is 11.0. The van der Waals surface area contributed by atoms with E-state index in [-0.39, 0.29) is 5.91 Å². The minimum absolute atomic E-state index is 0.282. The highest BCUT2D eigenvalue weighted by Gasteiger charge is 2.27. The van der Waals surface area contributed by atoms with Gasteiger partial charge in [-0.3, -0.25) is 4.79 Å². The fraction of sp³-hybridized carbons (Fsp3) is 0.238. The van der Waals surface area contributed by atoms with Crippen LogP contribution in [-0.2, 0) is 19.4 Å². The average Bonchev–Trinajstić information content (AvgIpc) is 3.31. The molecule has 0 unspecified atom stereocenters. The van der Waals surface area contributed by atoms with Gasteiger partial charge in [0, 0.05) is 23.9 Å². The third-order valence-electron chi connectivity index (χ3n) is 4.91. The summed E-state index contributed by atoms with van der Waals surface area (Å²) in [5, 5.41) is 7.29. The van der Waals surface area contributed by atoms with Gasteiger partial charge in [0.15, 0.2) is 17.3 Å². The largest absolute Gasteiger partial charge is 0.497 e. The highest BCUT2D eigenvalue weighted by atomic mass is 19.2. The molecular weight excluding hydrogens is 364 g/mol. The van der Waals surface area contributed by atoms with Gasteiger partial charge in [0.25, 0.3) is 5.91 Å². The third-order valence-corrected chi connectivity index (χ3v) is 4.91. The van der Waals surface area contributed by atoms with Crippen LogP contribution in [0.3, 0.4) is 0 Å². The van der Waals surface area contributed by atoms with Crippen LogP contribution < -0.4 is 10.1 Å². The Bertz CT molecular complexity index is 1030. The van der Waals surface area contributed by atoms with Crippen LogP contribution in [-0.4, -0.2) is 22.8 Å². The minimum atomic E-state index is -0.940. The number of hydrogen-bond donors (Lipinski definition) is 1. The number of benzene rings is 2. The number of fused-ring (bicyclic) bond motifs is 1. The lowest BCUT2D eigenvalue weighted by Crippen LogP contribution is -2.24. The van der Waals surface area contributed by atoms with Gasteiger partial charge in [-0.25, -0.2) is 13.5 Å². The van der Waals surface area contributed by atoms with Gasteiger partial charge in [-0.1, -0.05) is 12.1 Å². The number of nitrogens with zero attached hydrogens (tertiary/aromatic N) is 2. The molecule has 28 heavy (non-hydrogen) atoms. The van der Waals surface area contributed by atoms with E-state index in [1.54, 1.807) is 11.8 Å². The second kappa shape index (κ2) is 7.42. The van der Waals surface area contributed by atoms with E-state index in [1.807, 2.05) is 24.3 Å². The molecule has 3 aromatic rings. The van der Waals surface area contributed by atoms with Gasteiger partial charge in [-0.15, -0.1) is 0 Å². The Morgan fingerprint density at radius 2 is 1.93 bits per heavy atom. The van der Waals surface area contributed by atoms with Gasteiger partial charge in [-0.2, -0.15) is 5.10 Å². The molecule has 1 heterocycles. The van der Waals surface area contributed by atoms with Crippen molar-refractivity contribution >= 4 is 5.91 Å². The summed E-state index contributed by atoms with van der Waals surface area (Å²) in [5.41, 5.74) is 3.43. The molecule has 1 amide bonds. The number of carbonyl (C=O) groups is 1. The highest BCUT2D eigenvalue weighted by molar-refractivity contribution is 5.94. The molecule has 0 saturated carbocycles. The fourth-order valence-electron chi connectivity index (χ4n) is 3.46. The summed E-state index contributed by atoms with van der Waals surface area (Å²) in [5.74, 6) is -1.39. The van der Waals surface area contributed by atoms with E-state index in [1.165, 1.54) is 6.07 Å². The lowest BCUT2D eigenvalue weighted by atomic mass is 10.1. The first-order chi connectivity index (χ1) is 13.6. The Balaban J connectivity index is 1.57. The molecular formula is C21H19F2N3O2. The Labute approximate surface area is 160 Å². The van der Waals surface area contributed by atoms with E-state index in [2.05, 4.69) is 10.4 Å². The Morgan fingerprint density at radius 3 is 2.64 bits per heavy atom. The number of nitrogens with one attached hydrogen (secondary N) is 1. The normalized spacial score (nSPS) is 12.7. The van der Waals surface area contributed by atoms with Crippen molar-refractivity contribution in [3.8, 4) is 11.4 Å². The summed E-state index contributed by atoms with van der Waals surface area (Å²) in [6.45, 7) is 0.357. The molecule has 0 saturated heterocycles. The van der Waals surface area contributed by atoms with Crippen molar-refractivity contribution in [2.45, 2.75) is 25.8 Å². The quantitative estimate of drug-likeness (QED) is 0.733. The number of hydrogen-bond acceptors (Lipinski definition) is 3. The summed E-state index contributed by atoms with van der Waals surface area (Å²) in [4.78, 5) is 12.7. The van der Waals surface area contributed by atoms with E-state index < -0.39 is 11.6 Å². The van der Waals surface area contributed by atoms with Gasteiger partial charge in [0.2, 0.25) is 0 Å². The zero-order valence-electron chi connectivity index (χ0n) is 15.3. The molecule has 7 heteroatoms. The van der Waals surface area contributed by atoms with Crippen molar-refractivity contribution in [1.29, 1.82) is 0 Å². The highest BCUT2D eigenvalue weighted by Crippen LogP contribution is 2.28. The van der Waals surface area contributed by atoms with Crippen LogP contribution >= 0.6 is 0 Å². The summed E-state index contributed by atoms with van der Waals surface area (Å²) < 4.78 is 33.6. The van der Waals surface area contributed by atoms with Crippen LogP contribution in [0.4, 0.5) is 8.78 Å². The van der Waals surface area contributed by atoms with E-state index in [0.717, 1.165) is 54.0 Å². The maximum Gasteiger partial charge on any atom is 0.272 e. The van der Waals surface area contributed by atoms with Crippen molar-refractivity contribution in [1.82, 2.24) is 15.1 Å². The number of amides is 1. The molecule has 1 N–H and O–H groups in total. The molecule has 1 aliphatic carbocycles. The number of halogens is 2. The predicted octanol–water partition coefficient (Wildman–Crippen LogP) is 3.58. The van der Waals surface area contributed by atoms with Gasteiger partial charge < -0.3 is 10.1 Å². The molecule has 0 aliphatic heterocycles. The number of aromatic nitrogens is 2. The van der Waals surface area contributed by atoms with Gasteiger partial charge >= 0.3 is 0 Å². The first-order valence-corrected chi connectivity index (χ1v) is 9.04. The molecule has 0 fully saturated rings. The molecule has 0 bridgehead atoms. The van der Waals surface area contributed by atoms with Crippen molar-refractivity contribution < 1.29 is 18.3 Å². The van der Waals surface area contributed by atoms with E-state index >= 15 is 0 Å². The zero-order valence-corrected chi connectivity index (χ0v) is 15.3. The Morgan fingerprint density at radius 1 is 1.14 bits per heavy atom. The molecule has 1 aliphatic rings. The Kier molecular flexibility index (Phi) is 4.81. The van der Waals surface area contributed by atoms with Gasteiger partial charge in [0.1, 0.15) is 5.75 Å². The van der Waals surface area contributed by atoms with Crippen molar-refractivity contribution in [3.63, 3.8) is 0 Å². The van der Waals surface area contributed by atoms with Crippen molar-refractivity contribution in [2.75, 3.05) is 7.11 Å². The first kappa shape index (κ1) is 18.2. The smallest absolute Gasteiger partial charge is 0.272 e. The summed E-state index contributed by atoms with van der Waals surface area (Å²) in [7, 11) is 1.60. The maximum atomic E-state index is 13.6. The Hall–Kier alpha value is -3.22. The molecule has 2 aromatic carbocycles. The second-order valence-corrected chi connectivity index (χ2v) is 6.67. The van der Waals surface area contributed by atoms with Crippen LogP contribution in [0.5, 0.6) is 5.75 Å². The number of methoxy groups -OCH3 is 1. The minimum Gasteiger partial charge on any atom is -0.497 e. The van der Waals surface area contributed by atoms with E-state index in [0.29, 0.717) is 17.9 Å². The molecule has 1 aromatic heterocycles. The zero-order chi connectivity index (χ0) is 19.7. The number of rotatable bonds is 5. The molecule has 0 spiro atoms. The van der Waals surface area contributed by atoms with Crippen LogP contribution in [0.15, 0.2) is 42.5 Å². The maximum absolute atomic E-state index is 13.6. The summed E-state index contributed by atoms with van der Waals surface area (Å²) >= 11 is 0. The molecule has 0 radical (unpaired) electrons. The topological polar surface area (TPSA) is 56.1 Å². The average molecular weight is 383 g/mol. The van der Waals surface area contributed by atoms with Crippen molar-refractivity contribution in [3.05, 3.63) is 76.6 Å². The molecule has 4 rings (SSSR count). The second-order valence-electron chi connectivity index (χ2n) is 6.67. The molecule has 144 valence electrons. The van der Waals surface area contributed by atoms with Crippen LogP contribution in [0, 0.1) is 11.6 Å². The van der Waals surface area contributed by atoms with E-state index in [4.69, 9.17) is 4.74 Å². The first-order valence-electron chi connectivity index (χ1n) is 9.04. The lowest BCUT2D eigenvalue weighted by molar-refractivity contribution is 0.0944. The van der Waals surface area contributed by atoms with Gasteiger partial charge in [-0.05, 0) is 49.1 Å².